The fourth-order valence-electron chi connectivity index (χ4n) is 4.00. The Bertz CT molecular complexity index is 1090. The molecule has 0 aliphatic rings. The number of hydrogen-bond acceptors (Lipinski definition) is 6. The summed E-state index contributed by atoms with van der Waals surface area (Å²) in [5, 5.41) is 0. The SMILES string of the molecule is CCCCCCCCCCCCc1cccc(-c2ccccc2S(=O)(=O)[O-])c1S(=O)(=O)[O-].[Na+].[Na+]. The van der Waals surface area contributed by atoms with Crippen molar-refractivity contribution in [1.29, 1.82) is 0 Å². The third-order valence-electron chi connectivity index (χ3n) is 5.59. The van der Waals surface area contributed by atoms with Crippen LogP contribution in [0.3, 0.4) is 0 Å². The van der Waals surface area contributed by atoms with E-state index in [1.165, 1.54) is 62.8 Å². The third-order valence-corrected chi connectivity index (χ3v) is 7.47. The third kappa shape index (κ3) is 11.1. The first-order valence-corrected chi connectivity index (χ1v) is 14.1. The standard InChI is InChI=1S/C24H34O6S2.2Na/c1-2-3-4-5-6-7-8-9-10-11-15-20-16-14-18-22(24(20)32(28,29)30)21-17-12-13-19-23(21)31(25,26)27;;/h12-14,16-19H,2-11,15H2,1H3,(H,25,26,27)(H,28,29,30);;/q;2*+1/p-2. The molecule has 0 bridgehead atoms. The molecule has 0 radical (unpaired) electrons. The molecule has 0 aromatic heterocycles. The maximum atomic E-state index is 12.1. The van der Waals surface area contributed by atoms with E-state index in [1.54, 1.807) is 12.1 Å². The number of rotatable bonds is 14. The van der Waals surface area contributed by atoms with Gasteiger partial charge in [-0.05, 0) is 24.5 Å². The Morgan fingerprint density at radius 3 is 1.65 bits per heavy atom. The molecule has 0 aliphatic carbocycles. The molecule has 178 valence electrons. The summed E-state index contributed by atoms with van der Waals surface area (Å²) in [6.07, 6.45) is 11.7. The molecule has 0 heterocycles. The van der Waals surface area contributed by atoms with Gasteiger partial charge in [0.15, 0.2) is 0 Å². The molecule has 0 spiro atoms. The molecular weight excluding hydrogens is 494 g/mol. The maximum absolute atomic E-state index is 12.1. The number of unbranched alkanes of at least 4 members (excludes halogenated alkanes) is 9. The molecule has 0 saturated heterocycles. The largest absolute Gasteiger partial charge is 1.00 e. The van der Waals surface area contributed by atoms with E-state index in [0.29, 0.717) is 12.0 Å². The van der Waals surface area contributed by atoms with Gasteiger partial charge < -0.3 is 9.11 Å². The Labute approximate surface area is 249 Å². The van der Waals surface area contributed by atoms with Crippen molar-refractivity contribution in [3.05, 3.63) is 48.0 Å². The van der Waals surface area contributed by atoms with Gasteiger partial charge in [-0.25, -0.2) is 16.8 Å². The second-order valence-corrected chi connectivity index (χ2v) is 10.8. The number of benzene rings is 2. The normalized spacial score (nSPS) is 11.5. The minimum absolute atomic E-state index is 0. The van der Waals surface area contributed by atoms with Crippen molar-refractivity contribution in [2.45, 2.75) is 87.3 Å². The maximum Gasteiger partial charge on any atom is 1.00 e. The van der Waals surface area contributed by atoms with E-state index in [2.05, 4.69) is 6.92 Å². The minimum Gasteiger partial charge on any atom is -0.744 e. The predicted octanol–water partition coefficient (Wildman–Crippen LogP) is -0.367. The van der Waals surface area contributed by atoms with Crippen LogP contribution in [0, 0.1) is 0 Å². The zero-order valence-corrected chi connectivity index (χ0v) is 26.2. The van der Waals surface area contributed by atoms with E-state index < -0.39 is 30.0 Å². The second-order valence-electron chi connectivity index (χ2n) is 8.13. The van der Waals surface area contributed by atoms with Crippen molar-refractivity contribution >= 4 is 20.2 Å². The molecule has 10 heteroatoms. The molecule has 2 aromatic carbocycles. The van der Waals surface area contributed by atoms with Gasteiger partial charge in [-0.2, -0.15) is 0 Å². The van der Waals surface area contributed by atoms with Crippen molar-refractivity contribution in [2.24, 2.45) is 0 Å². The topological polar surface area (TPSA) is 114 Å². The Morgan fingerprint density at radius 1 is 0.618 bits per heavy atom. The smallest absolute Gasteiger partial charge is 0.744 e. The van der Waals surface area contributed by atoms with Gasteiger partial charge in [0.1, 0.15) is 20.2 Å². The van der Waals surface area contributed by atoms with Crippen molar-refractivity contribution in [3.8, 4) is 11.1 Å². The van der Waals surface area contributed by atoms with Gasteiger partial charge in [-0.1, -0.05) is 101 Å². The van der Waals surface area contributed by atoms with Crippen LogP contribution >= 0.6 is 0 Å². The van der Waals surface area contributed by atoms with E-state index in [9.17, 15) is 25.9 Å². The molecule has 0 unspecified atom stereocenters. The van der Waals surface area contributed by atoms with Crippen LogP contribution in [0.2, 0.25) is 0 Å². The average Bonchev–Trinajstić information content (AvgIpc) is 2.73. The van der Waals surface area contributed by atoms with Crippen molar-refractivity contribution in [3.63, 3.8) is 0 Å². The van der Waals surface area contributed by atoms with E-state index in [-0.39, 0.29) is 70.2 Å². The average molecular weight is 527 g/mol. The quantitative estimate of drug-likeness (QED) is 0.189. The summed E-state index contributed by atoms with van der Waals surface area (Å²) in [5.74, 6) is 0. The zero-order valence-electron chi connectivity index (χ0n) is 20.6. The fourth-order valence-corrected chi connectivity index (χ4v) is 5.63. The van der Waals surface area contributed by atoms with Crippen LogP contribution in [0.4, 0.5) is 0 Å². The van der Waals surface area contributed by atoms with Crippen LogP contribution in [-0.2, 0) is 26.7 Å². The molecular formula is C24H32Na2O6S2. The second kappa shape index (κ2) is 16.9. The summed E-state index contributed by atoms with van der Waals surface area (Å²) in [5.41, 5.74) is 0.247. The first kappa shape index (κ1) is 34.3. The van der Waals surface area contributed by atoms with Gasteiger partial charge in [0.25, 0.3) is 0 Å². The van der Waals surface area contributed by atoms with Crippen molar-refractivity contribution in [1.82, 2.24) is 0 Å². The molecule has 0 amide bonds. The summed E-state index contributed by atoms with van der Waals surface area (Å²) in [4.78, 5) is -0.979. The summed E-state index contributed by atoms with van der Waals surface area (Å²) in [6.45, 7) is 2.20. The molecule has 2 rings (SSSR count). The van der Waals surface area contributed by atoms with Gasteiger partial charge in [-0.3, -0.25) is 0 Å². The van der Waals surface area contributed by atoms with Gasteiger partial charge in [-0.15, -0.1) is 0 Å². The molecule has 0 saturated carbocycles. The molecule has 6 nitrogen and oxygen atoms in total. The number of hydrogen-bond donors (Lipinski definition) is 0. The first-order valence-electron chi connectivity index (χ1n) is 11.3. The Balaban J connectivity index is 0.00000544. The molecule has 0 N–H and O–H groups in total. The van der Waals surface area contributed by atoms with Crippen LogP contribution < -0.4 is 59.1 Å². The van der Waals surface area contributed by atoms with Crippen LogP contribution in [0.5, 0.6) is 0 Å². The molecule has 34 heavy (non-hydrogen) atoms. The summed E-state index contributed by atoms with van der Waals surface area (Å²) in [7, 11) is -9.72. The molecule has 0 atom stereocenters. The Hall–Kier alpha value is 0.260. The fraction of sp³-hybridized carbons (Fsp3) is 0.500. The minimum atomic E-state index is -4.88. The zero-order chi connectivity index (χ0) is 23.6. The Kier molecular flexibility index (Phi) is 17.0. The first-order chi connectivity index (χ1) is 15.2. The summed E-state index contributed by atoms with van der Waals surface area (Å²) < 4.78 is 71.3. The van der Waals surface area contributed by atoms with Crippen LogP contribution in [0.1, 0.15) is 76.7 Å². The van der Waals surface area contributed by atoms with Crippen molar-refractivity contribution < 1.29 is 85.1 Å². The summed E-state index contributed by atoms with van der Waals surface area (Å²) >= 11 is 0. The van der Waals surface area contributed by atoms with Crippen LogP contribution in [0.25, 0.3) is 11.1 Å². The van der Waals surface area contributed by atoms with Gasteiger partial charge in [0.2, 0.25) is 0 Å². The number of aryl methyl sites for hydroxylation is 1. The van der Waals surface area contributed by atoms with Gasteiger partial charge in [0.05, 0.1) is 9.79 Å². The van der Waals surface area contributed by atoms with Gasteiger partial charge >= 0.3 is 59.1 Å². The molecule has 2 aromatic rings. The van der Waals surface area contributed by atoms with E-state index in [4.69, 9.17) is 0 Å². The van der Waals surface area contributed by atoms with E-state index >= 15 is 0 Å². The molecule has 0 fully saturated rings. The summed E-state index contributed by atoms with van der Waals surface area (Å²) in [6, 6.07) is 9.89. The van der Waals surface area contributed by atoms with E-state index in [1.807, 2.05) is 0 Å². The Morgan fingerprint density at radius 2 is 1.12 bits per heavy atom. The monoisotopic (exact) mass is 526 g/mol. The van der Waals surface area contributed by atoms with E-state index in [0.717, 1.165) is 31.7 Å². The van der Waals surface area contributed by atoms with Crippen molar-refractivity contribution in [2.75, 3.05) is 0 Å². The predicted molar refractivity (Wildman–Crippen MR) is 123 cm³/mol. The van der Waals surface area contributed by atoms with Crippen LogP contribution in [-0.4, -0.2) is 25.9 Å². The molecule has 0 aliphatic heterocycles. The van der Waals surface area contributed by atoms with Gasteiger partial charge in [0, 0.05) is 11.1 Å². The van der Waals surface area contributed by atoms with Crippen LogP contribution in [0.15, 0.2) is 52.3 Å².